The van der Waals surface area contributed by atoms with E-state index in [2.05, 4.69) is 64.1 Å². The predicted molar refractivity (Wildman–Crippen MR) is 123 cm³/mol. The summed E-state index contributed by atoms with van der Waals surface area (Å²) in [5, 5.41) is 0. The number of rotatable bonds is 5. The van der Waals surface area contributed by atoms with Crippen LogP contribution in [0, 0.1) is 23.7 Å². The minimum absolute atomic E-state index is 0.0334. The Morgan fingerprint density at radius 2 is 1.61 bits per heavy atom. The monoisotopic (exact) mass is 417 g/mol. The van der Waals surface area contributed by atoms with Crippen LogP contribution in [0.25, 0.3) is 6.08 Å². The fourth-order valence-corrected chi connectivity index (χ4v) is 4.60. The van der Waals surface area contributed by atoms with E-state index in [-0.39, 0.29) is 30.2 Å². The Morgan fingerprint density at radius 3 is 2.39 bits per heavy atom. The van der Waals surface area contributed by atoms with Crippen LogP contribution < -0.4 is 0 Å². The summed E-state index contributed by atoms with van der Waals surface area (Å²) in [4.78, 5) is 31.3. The maximum absolute atomic E-state index is 12.6. The van der Waals surface area contributed by atoms with E-state index in [9.17, 15) is 9.59 Å². The molecule has 2 saturated heterocycles. The van der Waals surface area contributed by atoms with E-state index in [0.717, 1.165) is 32.7 Å². The van der Waals surface area contributed by atoms with Gasteiger partial charge in [0.25, 0.3) is 0 Å². The van der Waals surface area contributed by atoms with Crippen molar-refractivity contribution in [2.45, 2.75) is 19.8 Å². The summed E-state index contributed by atoms with van der Waals surface area (Å²) in [6, 6.07) is 10.4. The lowest BCUT2D eigenvalue weighted by molar-refractivity contribution is -0.139. The number of likely N-dealkylation sites (tertiary alicyclic amines) is 1. The molecule has 0 aromatic heterocycles. The quantitative estimate of drug-likeness (QED) is 0.420. The van der Waals surface area contributed by atoms with Crippen LogP contribution in [0.4, 0.5) is 0 Å². The van der Waals surface area contributed by atoms with E-state index >= 15 is 0 Å². The van der Waals surface area contributed by atoms with Crippen LogP contribution >= 0.6 is 0 Å². The van der Waals surface area contributed by atoms with E-state index in [4.69, 9.17) is 0 Å². The van der Waals surface area contributed by atoms with Crippen LogP contribution in [0.2, 0.25) is 0 Å². The highest BCUT2D eigenvalue weighted by atomic mass is 16.2. The van der Waals surface area contributed by atoms with E-state index in [0.29, 0.717) is 19.4 Å². The van der Waals surface area contributed by atoms with Gasteiger partial charge in [-0.05, 0) is 25.3 Å². The van der Waals surface area contributed by atoms with Gasteiger partial charge < -0.3 is 0 Å². The van der Waals surface area contributed by atoms with Crippen LogP contribution in [0.1, 0.15) is 25.3 Å². The number of carbonyl (C=O) groups excluding carboxylic acids is 2. The highest BCUT2D eigenvalue weighted by Gasteiger charge is 2.47. The molecule has 2 amide bonds. The molecule has 0 spiro atoms. The number of carbonyl (C=O) groups is 2. The Kier molecular flexibility index (Phi) is 7.01. The molecule has 3 aliphatic rings. The molecule has 1 aliphatic carbocycles. The molecule has 162 valence electrons. The van der Waals surface area contributed by atoms with E-state index in [1.807, 2.05) is 13.0 Å². The maximum Gasteiger partial charge on any atom is 0.234 e. The molecule has 0 saturated carbocycles. The SMILES string of the molecule is CC1=CC[C@H]2C(=O)N(CC#CCN3CCN(C/C=C/c4ccccc4)CC3)C(=O)[C@H]2C1. The third-order valence-electron chi connectivity index (χ3n) is 6.52. The minimum atomic E-state index is -0.165. The number of allylic oxidation sites excluding steroid dienone is 2. The van der Waals surface area contributed by atoms with Crippen molar-refractivity contribution in [2.75, 3.05) is 45.8 Å². The molecule has 0 bridgehead atoms. The van der Waals surface area contributed by atoms with Crippen molar-refractivity contribution in [1.29, 1.82) is 0 Å². The second kappa shape index (κ2) is 10.1. The van der Waals surface area contributed by atoms with Gasteiger partial charge in [-0.15, -0.1) is 0 Å². The first-order chi connectivity index (χ1) is 15.1. The van der Waals surface area contributed by atoms with Crippen molar-refractivity contribution in [2.24, 2.45) is 11.8 Å². The summed E-state index contributed by atoms with van der Waals surface area (Å²) in [7, 11) is 0. The lowest BCUT2D eigenvalue weighted by Crippen LogP contribution is -2.46. The number of amides is 2. The van der Waals surface area contributed by atoms with Crippen molar-refractivity contribution >= 4 is 17.9 Å². The molecular formula is C26H31N3O2. The van der Waals surface area contributed by atoms with Crippen molar-refractivity contribution in [1.82, 2.24) is 14.7 Å². The Morgan fingerprint density at radius 1 is 0.935 bits per heavy atom. The van der Waals surface area contributed by atoms with Crippen molar-refractivity contribution in [3.63, 3.8) is 0 Å². The number of benzene rings is 1. The van der Waals surface area contributed by atoms with Gasteiger partial charge in [-0.2, -0.15) is 0 Å². The lowest BCUT2D eigenvalue weighted by atomic mass is 9.82. The van der Waals surface area contributed by atoms with Gasteiger partial charge in [0.2, 0.25) is 11.8 Å². The molecule has 5 nitrogen and oxygen atoms in total. The van der Waals surface area contributed by atoms with Crippen molar-refractivity contribution < 1.29 is 9.59 Å². The first-order valence-corrected chi connectivity index (χ1v) is 11.2. The van der Waals surface area contributed by atoms with Gasteiger partial charge >= 0.3 is 0 Å². The molecule has 2 atom stereocenters. The first kappa shape index (κ1) is 21.5. The summed E-state index contributed by atoms with van der Waals surface area (Å²) >= 11 is 0. The second-order valence-corrected chi connectivity index (χ2v) is 8.71. The summed E-state index contributed by atoms with van der Waals surface area (Å²) < 4.78 is 0. The van der Waals surface area contributed by atoms with E-state index < -0.39 is 0 Å². The number of fused-ring (bicyclic) bond motifs is 1. The maximum atomic E-state index is 12.6. The summed E-state index contributed by atoms with van der Waals surface area (Å²) in [5.41, 5.74) is 2.45. The molecule has 2 fully saturated rings. The van der Waals surface area contributed by atoms with Gasteiger partial charge in [-0.1, -0.05) is 66.0 Å². The zero-order chi connectivity index (χ0) is 21.6. The van der Waals surface area contributed by atoms with E-state index in [1.165, 1.54) is 16.0 Å². The fourth-order valence-electron chi connectivity index (χ4n) is 4.60. The molecule has 0 radical (unpaired) electrons. The standard InChI is InChI=1S/C26H31N3O2/c1-21-11-12-23-24(20-21)26(31)29(25(23)30)15-6-5-13-27-16-18-28(19-17-27)14-7-10-22-8-3-2-4-9-22/h2-4,7-11,23-24H,12-20H2,1H3/b10-7+/t23-,24+/m1/s1. The molecule has 2 heterocycles. The zero-order valence-corrected chi connectivity index (χ0v) is 18.3. The van der Waals surface area contributed by atoms with Gasteiger partial charge in [0.1, 0.15) is 0 Å². The van der Waals surface area contributed by atoms with E-state index in [1.54, 1.807) is 0 Å². The molecule has 5 heteroatoms. The molecule has 0 N–H and O–H groups in total. The topological polar surface area (TPSA) is 43.9 Å². The molecule has 1 aromatic rings. The Balaban J connectivity index is 1.18. The molecule has 0 unspecified atom stereocenters. The summed E-state index contributed by atoms with van der Waals surface area (Å²) in [5.74, 6) is 5.85. The number of nitrogens with zero attached hydrogens (tertiary/aromatic N) is 3. The normalized spacial score (nSPS) is 24.8. The average Bonchev–Trinajstić information content (AvgIpc) is 3.02. The van der Waals surface area contributed by atoms with Gasteiger partial charge in [-0.3, -0.25) is 24.3 Å². The van der Waals surface area contributed by atoms with Gasteiger partial charge in [0, 0.05) is 32.7 Å². The second-order valence-electron chi connectivity index (χ2n) is 8.71. The highest BCUT2D eigenvalue weighted by Crippen LogP contribution is 2.37. The largest absolute Gasteiger partial charge is 0.297 e. The Labute approximate surface area is 185 Å². The van der Waals surface area contributed by atoms with Crippen molar-refractivity contribution in [3.8, 4) is 11.8 Å². The van der Waals surface area contributed by atoms with Crippen LogP contribution in [0.5, 0.6) is 0 Å². The Bertz CT molecular complexity index is 917. The van der Waals surface area contributed by atoms with Gasteiger partial charge in [0.05, 0.1) is 24.9 Å². The zero-order valence-electron chi connectivity index (χ0n) is 18.3. The third-order valence-corrected chi connectivity index (χ3v) is 6.52. The number of piperazine rings is 1. The van der Waals surface area contributed by atoms with Crippen LogP contribution in [0.3, 0.4) is 0 Å². The molecular weight excluding hydrogens is 386 g/mol. The van der Waals surface area contributed by atoms with Crippen LogP contribution in [-0.4, -0.2) is 72.3 Å². The smallest absolute Gasteiger partial charge is 0.234 e. The van der Waals surface area contributed by atoms with Crippen LogP contribution in [0.15, 0.2) is 48.1 Å². The summed E-state index contributed by atoms with van der Waals surface area (Å²) in [6.07, 6.45) is 7.90. The van der Waals surface area contributed by atoms with Gasteiger partial charge in [0.15, 0.2) is 0 Å². The molecule has 2 aliphatic heterocycles. The number of hydrogen-bond acceptors (Lipinski definition) is 4. The number of hydrogen-bond donors (Lipinski definition) is 0. The number of imide groups is 1. The third kappa shape index (κ3) is 5.33. The highest BCUT2D eigenvalue weighted by molar-refractivity contribution is 6.05. The Hall–Kier alpha value is -2.68. The first-order valence-electron chi connectivity index (χ1n) is 11.2. The molecule has 1 aromatic carbocycles. The molecule has 4 rings (SSSR count). The predicted octanol–water partition coefficient (Wildman–Crippen LogP) is 2.66. The summed E-state index contributed by atoms with van der Waals surface area (Å²) in [6.45, 7) is 7.96. The average molecular weight is 418 g/mol. The van der Waals surface area contributed by atoms with Gasteiger partial charge in [-0.25, -0.2) is 0 Å². The fraction of sp³-hybridized carbons (Fsp3) is 0.462. The lowest BCUT2D eigenvalue weighted by Gasteiger charge is -2.32. The molecule has 31 heavy (non-hydrogen) atoms. The van der Waals surface area contributed by atoms with Crippen LogP contribution in [-0.2, 0) is 9.59 Å². The minimum Gasteiger partial charge on any atom is -0.297 e. The van der Waals surface area contributed by atoms with Crippen molar-refractivity contribution in [3.05, 3.63) is 53.6 Å².